The van der Waals surface area contributed by atoms with Crippen molar-refractivity contribution < 1.29 is 52.8 Å². The fourth-order valence-corrected chi connectivity index (χ4v) is 15.0. The summed E-state index contributed by atoms with van der Waals surface area (Å²) in [4.78, 5) is 56.6. The number of aliphatic hydroxyl groups excluding tert-OH is 2. The van der Waals surface area contributed by atoms with E-state index >= 15 is 0 Å². The number of hydrogen-bond acceptors (Lipinski definition) is 10. The van der Waals surface area contributed by atoms with Crippen LogP contribution in [0.5, 0.6) is 5.75 Å². The van der Waals surface area contributed by atoms with Crippen LogP contribution in [-0.2, 0) is 25.6 Å². The number of carbonyl (C=O) groups is 4. The molecule has 4 atom stereocenters. The van der Waals surface area contributed by atoms with Gasteiger partial charge in [0.25, 0.3) is 5.91 Å². The van der Waals surface area contributed by atoms with Crippen LogP contribution < -0.4 is 31.9 Å². The van der Waals surface area contributed by atoms with Gasteiger partial charge in [0.05, 0.1) is 23.5 Å². The monoisotopic (exact) mass is 955 g/mol. The number of anilines is 2. The lowest BCUT2D eigenvalue weighted by molar-refractivity contribution is -0.153. The first-order chi connectivity index (χ1) is 32.3. The van der Waals surface area contributed by atoms with E-state index in [4.69, 9.17) is 5.73 Å². The average Bonchev–Trinajstić information content (AvgIpc) is 3.28. The summed E-state index contributed by atoms with van der Waals surface area (Å²) in [5, 5.41) is 52.1. The van der Waals surface area contributed by atoms with Gasteiger partial charge in [-0.15, -0.1) is 0 Å². The number of nitrogens with zero attached hydrogens (tertiary/aromatic N) is 2. The SMILES string of the molecule is CN(C)c1cc(NC(=O)CCCCCCCCCC[P+](c2ccc(F)cc2)(c2ccc(F)cc2)c2ccc(F)cc2)c(O)c2c1C[C@H]1C[C@H]3[C@H](N(C)C)C(=O)C(C(N)=O)=C(O)[C@@]3(O)C(=O)C1=C2O. The Morgan fingerprint density at radius 3 is 1.72 bits per heavy atom. The summed E-state index contributed by atoms with van der Waals surface area (Å²) in [5.41, 5.74) is 2.41. The van der Waals surface area contributed by atoms with Gasteiger partial charge in [0.15, 0.2) is 11.4 Å². The zero-order valence-corrected chi connectivity index (χ0v) is 39.6. The van der Waals surface area contributed by atoms with Crippen molar-refractivity contribution in [3.05, 3.63) is 124 Å². The van der Waals surface area contributed by atoms with E-state index in [1.807, 2.05) is 0 Å². The number of primary amides is 1. The third kappa shape index (κ3) is 9.28. The van der Waals surface area contributed by atoms with Gasteiger partial charge in [0.1, 0.15) is 63.5 Å². The van der Waals surface area contributed by atoms with Crippen molar-refractivity contribution in [2.75, 3.05) is 44.6 Å². The lowest BCUT2D eigenvalue weighted by atomic mass is 9.57. The van der Waals surface area contributed by atoms with Gasteiger partial charge in [-0.1, -0.05) is 32.1 Å². The number of nitrogens with one attached hydrogen (secondary N) is 1. The molecule has 0 aromatic heterocycles. The second kappa shape index (κ2) is 20.3. The van der Waals surface area contributed by atoms with Crippen LogP contribution in [0.15, 0.2) is 95.8 Å². The predicted octanol–water partition coefficient (Wildman–Crippen LogP) is 6.89. The fraction of sp³-hybridized carbons (Fsp3) is 0.385. The molecule has 1 saturated carbocycles. The van der Waals surface area contributed by atoms with Crippen LogP contribution in [0.3, 0.4) is 0 Å². The van der Waals surface area contributed by atoms with E-state index in [9.17, 15) is 52.8 Å². The van der Waals surface area contributed by atoms with E-state index in [1.54, 1.807) is 75.6 Å². The van der Waals surface area contributed by atoms with Gasteiger partial charge in [-0.25, -0.2) is 13.2 Å². The van der Waals surface area contributed by atoms with Crippen LogP contribution in [0.1, 0.15) is 75.3 Å². The Hall–Kier alpha value is -6.02. The summed E-state index contributed by atoms with van der Waals surface area (Å²) < 4.78 is 42.4. The molecular weight excluding hydrogens is 897 g/mol. The Morgan fingerprint density at radius 1 is 0.765 bits per heavy atom. The predicted molar refractivity (Wildman–Crippen MR) is 259 cm³/mol. The fourth-order valence-electron chi connectivity index (χ4n) is 10.6. The van der Waals surface area contributed by atoms with E-state index in [-0.39, 0.29) is 59.4 Å². The van der Waals surface area contributed by atoms with Crippen molar-refractivity contribution in [1.82, 2.24) is 4.90 Å². The first-order valence-electron chi connectivity index (χ1n) is 23.0. The van der Waals surface area contributed by atoms with Crippen molar-refractivity contribution in [3.8, 4) is 5.75 Å². The number of aromatic hydroxyl groups is 1. The van der Waals surface area contributed by atoms with E-state index in [2.05, 4.69) is 5.32 Å². The van der Waals surface area contributed by atoms with Gasteiger partial charge in [-0.05, 0) is 137 Å². The molecule has 0 aliphatic heterocycles. The highest BCUT2D eigenvalue weighted by Gasteiger charge is 2.64. The van der Waals surface area contributed by atoms with E-state index in [0.29, 0.717) is 17.7 Å². The maximum atomic E-state index is 14.3. The molecule has 4 aromatic carbocycles. The smallest absolute Gasteiger partial charge is 0.255 e. The molecule has 12 nitrogen and oxygen atoms in total. The normalized spacial score (nSPS) is 20.3. The number of halogens is 3. The molecule has 1 fully saturated rings. The number of ketones is 2. The molecule has 0 spiro atoms. The largest absolute Gasteiger partial charge is 0.508 e. The maximum Gasteiger partial charge on any atom is 0.255 e. The minimum Gasteiger partial charge on any atom is -0.508 e. The summed E-state index contributed by atoms with van der Waals surface area (Å²) in [5.74, 6) is -8.96. The molecule has 0 radical (unpaired) electrons. The molecule has 360 valence electrons. The molecule has 0 heterocycles. The third-order valence-corrected chi connectivity index (χ3v) is 18.4. The summed E-state index contributed by atoms with van der Waals surface area (Å²) in [6.45, 7) is 0. The lowest BCUT2D eigenvalue weighted by Crippen LogP contribution is -2.65. The Morgan fingerprint density at radius 2 is 1.25 bits per heavy atom. The molecule has 0 unspecified atom stereocenters. The summed E-state index contributed by atoms with van der Waals surface area (Å²) in [6, 6.07) is 19.7. The standard InChI is InChI=1S/C52H58F3N4O8P/c1-58(2)40-29-39(46(61)43-37(40)27-30-28-38-45(59(3)4)48(63)44(51(56)66)50(65)52(38,67)49(64)42(30)47(43)62)57-41(60)13-11-9-7-5-6-8-10-12-26-68(34-20-14-31(53)15-21-34,35-22-16-32(54)17-23-35)36-24-18-33(55)19-25-36/h14-25,29-30,38,45,67H,5-13,26-28H2,1-4H3,(H5-,56,57,60,61,62,63,64,65,66)/p+1/t30-,38-,45-,52-/m0/s1. The van der Waals surface area contributed by atoms with Gasteiger partial charge in [0.2, 0.25) is 11.7 Å². The van der Waals surface area contributed by atoms with Crippen molar-refractivity contribution in [1.29, 1.82) is 0 Å². The topological polar surface area (TPSA) is 194 Å². The number of hydrogen-bond donors (Lipinski definition) is 6. The number of nitrogens with two attached hydrogens (primary N) is 1. The first kappa shape index (κ1) is 49.9. The lowest BCUT2D eigenvalue weighted by Gasteiger charge is -2.50. The summed E-state index contributed by atoms with van der Waals surface area (Å²) >= 11 is 0. The van der Waals surface area contributed by atoms with Gasteiger partial charge in [-0.2, -0.15) is 0 Å². The number of Topliss-reactive ketones (excluding diaryl/α,β-unsaturated/α-hetero) is 2. The third-order valence-electron chi connectivity index (χ3n) is 13.9. The zero-order chi connectivity index (χ0) is 49.2. The molecule has 3 aliphatic rings. The Balaban J connectivity index is 0.966. The highest BCUT2D eigenvalue weighted by Crippen LogP contribution is 2.57. The molecule has 0 saturated heterocycles. The number of carbonyl (C=O) groups excluding carboxylic acids is 4. The van der Waals surface area contributed by atoms with Gasteiger partial charge in [0, 0.05) is 37.7 Å². The Bertz CT molecular complexity index is 2540. The van der Waals surface area contributed by atoms with E-state index in [1.165, 1.54) is 41.3 Å². The highest BCUT2D eigenvalue weighted by molar-refractivity contribution is 7.95. The number of rotatable bonds is 18. The van der Waals surface area contributed by atoms with Gasteiger partial charge in [-0.3, -0.25) is 24.1 Å². The number of aliphatic hydroxyl groups is 3. The quantitative estimate of drug-likeness (QED) is 0.0265. The Labute approximate surface area is 394 Å². The van der Waals surface area contributed by atoms with Gasteiger partial charge >= 0.3 is 0 Å². The molecule has 4 aromatic rings. The second-order valence-corrected chi connectivity index (χ2v) is 22.2. The number of fused-ring (bicyclic) bond motifs is 3. The molecule has 68 heavy (non-hydrogen) atoms. The van der Waals surface area contributed by atoms with Crippen molar-refractivity contribution in [2.45, 2.75) is 82.3 Å². The van der Waals surface area contributed by atoms with Crippen LogP contribution >= 0.6 is 7.26 Å². The van der Waals surface area contributed by atoms with Crippen LogP contribution in [0, 0.1) is 29.3 Å². The van der Waals surface area contributed by atoms with E-state index in [0.717, 1.165) is 67.0 Å². The Kier molecular flexibility index (Phi) is 14.9. The molecule has 7 N–H and O–H groups in total. The van der Waals surface area contributed by atoms with Crippen molar-refractivity contribution in [3.63, 3.8) is 0 Å². The molecule has 2 amide bonds. The van der Waals surface area contributed by atoms with E-state index < -0.39 is 71.1 Å². The average molecular weight is 956 g/mol. The van der Waals surface area contributed by atoms with Crippen LogP contribution in [-0.4, -0.2) is 94.7 Å². The number of benzene rings is 4. The maximum absolute atomic E-state index is 14.3. The van der Waals surface area contributed by atoms with Crippen molar-refractivity contribution >= 4 is 63.7 Å². The molecule has 0 bridgehead atoms. The number of likely N-dealkylation sites (N-methyl/N-ethyl adjacent to an activating group) is 1. The number of phenolic OH excluding ortho intramolecular Hbond substituents is 1. The molecular formula is C52H59F3N4O8P+. The summed E-state index contributed by atoms with van der Waals surface area (Å²) in [7, 11) is 4.19. The second-order valence-electron chi connectivity index (χ2n) is 18.6. The minimum atomic E-state index is -2.77. The van der Waals surface area contributed by atoms with Crippen LogP contribution in [0.4, 0.5) is 24.5 Å². The molecule has 7 rings (SSSR count). The molecule has 3 aliphatic carbocycles. The minimum absolute atomic E-state index is 0.00217. The molecule has 16 heteroatoms. The number of phenols is 1. The number of amides is 2. The number of unbranched alkanes of at least 4 members (excludes halogenated alkanes) is 7. The van der Waals surface area contributed by atoms with Gasteiger partial charge < -0.3 is 36.4 Å². The summed E-state index contributed by atoms with van der Waals surface area (Å²) in [6.07, 6.45) is 7.82. The highest BCUT2D eigenvalue weighted by atomic mass is 31.2. The van der Waals surface area contributed by atoms with Crippen LogP contribution in [0.25, 0.3) is 5.76 Å². The zero-order valence-electron chi connectivity index (χ0n) is 38.7. The van der Waals surface area contributed by atoms with Crippen molar-refractivity contribution in [2.24, 2.45) is 17.6 Å². The van der Waals surface area contributed by atoms with Crippen LogP contribution in [0.2, 0.25) is 0 Å². The first-order valence-corrected chi connectivity index (χ1v) is 25.0.